The van der Waals surface area contributed by atoms with Gasteiger partial charge in [0.15, 0.2) is 6.10 Å². The molecular weight excluding hydrogens is 685 g/mol. The highest BCUT2D eigenvalue weighted by molar-refractivity contribution is 5.71. The molecule has 0 radical (unpaired) electrons. The lowest BCUT2D eigenvalue weighted by atomic mass is 9.99. The minimum atomic E-state index is -0.761. The molecule has 0 aromatic rings. The third kappa shape index (κ3) is 40.4. The molecule has 0 aliphatic rings. The maximum absolute atomic E-state index is 12.7. The van der Waals surface area contributed by atoms with Crippen molar-refractivity contribution in [1.82, 2.24) is 0 Å². The van der Waals surface area contributed by atoms with Crippen molar-refractivity contribution in [3.05, 3.63) is 0 Å². The molecule has 0 aliphatic carbocycles. The highest BCUT2D eigenvalue weighted by atomic mass is 16.6. The number of carbonyl (C=O) groups is 3. The van der Waals surface area contributed by atoms with Crippen LogP contribution in [-0.2, 0) is 28.6 Å². The molecule has 0 spiro atoms. The average molecular weight is 779 g/mol. The van der Waals surface area contributed by atoms with Crippen LogP contribution in [0.4, 0.5) is 0 Å². The third-order valence-corrected chi connectivity index (χ3v) is 11.7. The summed E-state index contributed by atoms with van der Waals surface area (Å²) >= 11 is 0. The van der Waals surface area contributed by atoms with Crippen molar-refractivity contribution in [1.29, 1.82) is 0 Å². The first-order valence-electron chi connectivity index (χ1n) is 24.3. The van der Waals surface area contributed by atoms with Crippen molar-refractivity contribution in [2.75, 3.05) is 13.2 Å². The number of carbonyl (C=O) groups excluding carboxylic acids is 3. The summed E-state index contributed by atoms with van der Waals surface area (Å²) in [6.07, 6.45) is 40.7. The van der Waals surface area contributed by atoms with E-state index in [9.17, 15) is 14.4 Å². The van der Waals surface area contributed by atoms with Gasteiger partial charge in [-0.1, -0.05) is 227 Å². The van der Waals surface area contributed by atoms with Gasteiger partial charge in [0, 0.05) is 19.3 Å². The summed E-state index contributed by atoms with van der Waals surface area (Å²) in [5.41, 5.74) is 0. The highest BCUT2D eigenvalue weighted by Gasteiger charge is 2.19. The zero-order chi connectivity index (χ0) is 40.5. The first-order chi connectivity index (χ1) is 26.8. The van der Waals surface area contributed by atoms with Crippen LogP contribution in [0.25, 0.3) is 0 Å². The Labute approximate surface area is 342 Å². The van der Waals surface area contributed by atoms with Crippen LogP contribution in [-0.4, -0.2) is 37.2 Å². The molecule has 0 aliphatic heterocycles. The number of ether oxygens (including phenoxy) is 3. The molecule has 6 nitrogen and oxygen atoms in total. The van der Waals surface area contributed by atoms with Gasteiger partial charge in [-0.15, -0.1) is 0 Å². The Morgan fingerprint density at radius 1 is 0.364 bits per heavy atom. The van der Waals surface area contributed by atoms with E-state index in [1.807, 2.05) is 0 Å². The van der Waals surface area contributed by atoms with Gasteiger partial charge < -0.3 is 14.2 Å². The van der Waals surface area contributed by atoms with Gasteiger partial charge in [0.1, 0.15) is 13.2 Å². The molecule has 0 aromatic heterocycles. The van der Waals surface area contributed by atoms with Gasteiger partial charge in [-0.2, -0.15) is 0 Å². The van der Waals surface area contributed by atoms with Crippen molar-refractivity contribution in [2.24, 2.45) is 11.8 Å². The fourth-order valence-corrected chi connectivity index (χ4v) is 7.22. The number of unbranched alkanes of at least 4 members (excludes halogenated alkanes) is 26. The maximum Gasteiger partial charge on any atom is 0.306 e. The second-order valence-corrected chi connectivity index (χ2v) is 17.2. The topological polar surface area (TPSA) is 78.9 Å². The molecule has 0 bridgehead atoms. The molecule has 3 atom stereocenters. The van der Waals surface area contributed by atoms with E-state index >= 15 is 0 Å². The smallest absolute Gasteiger partial charge is 0.306 e. The Morgan fingerprint density at radius 3 is 0.945 bits per heavy atom. The summed E-state index contributed by atoms with van der Waals surface area (Å²) in [5, 5.41) is 0. The molecule has 326 valence electrons. The standard InChI is InChI=1S/C49H94O6/c1-6-9-10-11-12-13-14-18-24-29-34-39-47(50)53-42-46(55-49(52)41-36-31-26-21-20-23-28-33-38-45(5)8-3)43-54-48(51)40-35-30-25-19-16-15-17-22-27-32-37-44(4)7-2/h44-46H,6-43H2,1-5H3/t44?,45?,46-/m0/s1. The van der Waals surface area contributed by atoms with Gasteiger partial charge in [0.2, 0.25) is 0 Å². The molecule has 6 heteroatoms. The molecule has 0 heterocycles. The lowest BCUT2D eigenvalue weighted by Crippen LogP contribution is -2.30. The molecule has 0 N–H and O–H groups in total. The van der Waals surface area contributed by atoms with Gasteiger partial charge in [0.25, 0.3) is 0 Å². The van der Waals surface area contributed by atoms with Gasteiger partial charge in [-0.3, -0.25) is 14.4 Å². The molecule has 0 amide bonds. The molecule has 0 saturated carbocycles. The lowest BCUT2D eigenvalue weighted by Gasteiger charge is -2.18. The SMILES string of the molecule is CCCCCCCCCCCCCC(=O)OC[C@@H](COC(=O)CCCCCCCCCCCCC(C)CC)OC(=O)CCCCCCCCCCC(C)CC. The van der Waals surface area contributed by atoms with Crippen molar-refractivity contribution in [3.8, 4) is 0 Å². The van der Waals surface area contributed by atoms with Crippen LogP contribution >= 0.6 is 0 Å². The fourth-order valence-electron chi connectivity index (χ4n) is 7.22. The zero-order valence-electron chi connectivity index (χ0n) is 37.6. The average Bonchev–Trinajstić information content (AvgIpc) is 3.18. The summed E-state index contributed by atoms with van der Waals surface area (Å²) in [6.45, 7) is 11.4. The normalized spacial score (nSPS) is 13.0. The van der Waals surface area contributed by atoms with Crippen LogP contribution in [0.2, 0.25) is 0 Å². The van der Waals surface area contributed by atoms with Crippen LogP contribution in [0.3, 0.4) is 0 Å². The molecule has 0 rings (SSSR count). The second kappa shape index (κ2) is 42.0. The molecule has 0 aromatic carbocycles. The van der Waals surface area contributed by atoms with E-state index in [4.69, 9.17) is 14.2 Å². The first kappa shape index (κ1) is 53.4. The van der Waals surface area contributed by atoms with E-state index in [-0.39, 0.29) is 31.1 Å². The van der Waals surface area contributed by atoms with Gasteiger partial charge in [-0.25, -0.2) is 0 Å². The van der Waals surface area contributed by atoms with Crippen LogP contribution < -0.4 is 0 Å². The predicted molar refractivity (Wildman–Crippen MR) is 233 cm³/mol. The Morgan fingerprint density at radius 2 is 0.636 bits per heavy atom. The maximum atomic E-state index is 12.7. The van der Waals surface area contributed by atoms with Crippen LogP contribution in [0.15, 0.2) is 0 Å². The molecule has 0 fully saturated rings. The van der Waals surface area contributed by atoms with E-state index < -0.39 is 6.10 Å². The van der Waals surface area contributed by atoms with Crippen molar-refractivity contribution in [3.63, 3.8) is 0 Å². The van der Waals surface area contributed by atoms with Gasteiger partial charge in [0.05, 0.1) is 0 Å². The number of rotatable bonds is 43. The quantitative estimate of drug-likeness (QED) is 0.0348. The lowest BCUT2D eigenvalue weighted by molar-refractivity contribution is -0.167. The van der Waals surface area contributed by atoms with Crippen LogP contribution in [0.1, 0.15) is 266 Å². The minimum absolute atomic E-state index is 0.0647. The summed E-state index contributed by atoms with van der Waals surface area (Å²) in [7, 11) is 0. The minimum Gasteiger partial charge on any atom is -0.462 e. The largest absolute Gasteiger partial charge is 0.462 e. The summed E-state index contributed by atoms with van der Waals surface area (Å²) in [5.74, 6) is 0.859. The Bertz CT molecular complexity index is 843. The van der Waals surface area contributed by atoms with Crippen molar-refractivity contribution >= 4 is 17.9 Å². The molecule has 55 heavy (non-hydrogen) atoms. The molecule has 2 unspecified atom stereocenters. The summed E-state index contributed by atoms with van der Waals surface area (Å²) in [6, 6.07) is 0. The Kier molecular flexibility index (Phi) is 40.8. The summed E-state index contributed by atoms with van der Waals surface area (Å²) in [4.78, 5) is 37.8. The van der Waals surface area contributed by atoms with Crippen molar-refractivity contribution < 1.29 is 28.6 Å². The monoisotopic (exact) mass is 779 g/mol. The van der Waals surface area contributed by atoms with E-state index in [2.05, 4.69) is 34.6 Å². The van der Waals surface area contributed by atoms with Gasteiger partial charge >= 0.3 is 17.9 Å². The van der Waals surface area contributed by atoms with Crippen molar-refractivity contribution in [2.45, 2.75) is 272 Å². The number of hydrogen-bond donors (Lipinski definition) is 0. The number of hydrogen-bond acceptors (Lipinski definition) is 6. The fraction of sp³-hybridized carbons (Fsp3) is 0.939. The highest BCUT2D eigenvalue weighted by Crippen LogP contribution is 2.18. The van der Waals surface area contributed by atoms with E-state index in [1.54, 1.807) is 0 Å². The molecular formula is C49H94O6. The van der Waals surface area contributed by atoms with Crippen LogP contribution in [0.5, 0.6) is 0 Å². The van der Waals surface area contributed by atoms with Gasteiger partial charge in [-0.05, 0) is 31.1 Å². The number of esters is 3. The summed E-state index contributed by atoms with van der Waals surface area (Å²) < 4.78 is 16.8. The Balaban J connectivity index is 4.34. The van der Waals surface area contributed by atoms with E-state index in [1.165, 1.54) is 154 Å². The first-order valence-corrected chi connectivity index (χ1v) is 24.3. The van der Waals surface area contributed by atoms with E-state index in [0.717, 1.165) is 69.6 Å². The second-order valence-electron chi connectivity index (χ2n) is 17.2. The predicted octanol–water partition coefficient (Wildman–Crippen LogP) is 15.4. The Hall–Kier alpha value is -1.59. The molecule has 0 saturated heterocycles. The zero-order valence-corrected chi connectivity index (χ0v) is 37.6. The van der Waals surface area contributed by atoms with E-state index in [0.29, 0.717) is 19.3 Å². The van der Waals surface area contributed by atoms with Crippen LogP contribution in [0, 0.1) is 11.8 Å². The third-order valence-electron chi connectivity index (χ3n) is 11.7.